The quantitative estimate of drug-likeness (QED) is 0.669. The summed E-state index contributed by atoms with van der Waals surface area (Å²) in [6.07, 6.45) is 9.69. The van der Waals surface area contributed by atoms with E-state index >= 15 is 0 Å². The first-order valence-corrected chi connectivity index (χ1v) is 10.4. The van der Waals surface area contributed by atoms with Gasteiger partial charge in [0.2, 0.25) is 0 Å². The van der Waals surface area contributed by atoms with Crippen LogP contribution >= 0.6 is 0 Å². The van der Waals surface area contributed by atoms with E-state index in [4.69, 9.17) is 0 Å². The van der Waals surface area contributed by atoms with Crippen LogP contribution in [0.1, 0.15) is 79.4 Å². The predicted octanol–water partition coefficient (Wildman–Crippen LogP) is 6.48. The SMILES string of the molecule is CCCC1(C(O)c2ccc(C)cc2)CCC1.Cc1ccc2c(c1)CCC2. The van der Waals surface area contributed by atoms with Gasteiger partial charge in [0.1, 0.15) is 0 Å². The number of aliphatic hydroxyl groups is 1. The molecule has 1 unspecified atom stereocenters. The van der Waals surface area contributed by atoms with E-state index in [1.807, 2.05) is 0 Å². The number of benzene rings is 2. The molecular weight excluding hydrogens is 316 g/mol. The minimum atomic E-state index is -0.262. The number of aliphatic hydroxyl groups excluding tert-OH is 1. The lowest BCUT2D eigenvalue weighted by Crippen LogP contribution is -2.35. The van der Waals surface area contributed by atoms with Crippen molar-refractivity contribution in [2.24, 2.45) is 5.41 Å². The van der Waals surface area contributed by atoms with Crippen LogP contribution in [0.2, 0.25) is 0 Å². The van der Waals surface area contributed by atoms with Crippen molar-refractivity contribution in [1.29, 1.82) is 0 Å². The first-order chi connectivity index (χ1) is 12.5. The van der Waals surface area contributed by atoms with E-state index in [0.29, 0.717) is 0 Å². The highest BCUT2D eigenvalue weighted by molar-refractivity contribution is 5.34. The number of hydrogen-bond acceptors (Lipinski definition) is 1. The molecular formula is C25H34O. The highest BCUT2D eigenvalue weighted by atomic mass is 16.3. The van der Waals surface area contributed by atoms with Gasteiger partial charge in [-0.2, -0.15) is 0 Å². The second-order valence-corrected chi connectivity index (χ2v) is 8.40. The molecule has 1 heteroatoms. The second kappa shape index (κ2) is 8.39. The summed E-state index contributed by atoms with van der Waals surface area (Å²) < 4.78 is 0. The first kappa shape index (κ1) is 19.2. The lowest BCUT2D eigenvalue weighted by Gasteiger charge is -2.46. The molecule has 1 nitrogen and oxygen atoms in total. The maximum atomic E-state index is 10.5. The van der Waals surface area contributed by atoms with Gasteiger partial charge in [-0.15, -0.1) is 0 Å². The van der Waals surface area contributed by atoms with Gasteiger partial charge in [-0.25, -0.2) is 0 Å². The van der Waals surface area contributed by atoms with Gasteiger partial charge in [0.15, 0.2) is 0 Å². The Hall–Kier alpha value is -1.60. The lowest BCUT2D eigenvalue weighted by atomic mass is 9.61. The van der Waals surface area contributed by atoms with Crippen LogP contribution in [0.4, 0.5) is 0 Å². The van der Waals surface area contributed by atoms with Crippen LogP contribution in [0.15, 0.2) is 42.5 Å². The van der Waals surface area contributed by atoms with E-state index in [2.05, 4.69) is 63.2 Å². The smallest absolute Gasteiger partial charge is 0.0846 e. The van der Waals surface area contributed by atoms with Gasteiger partial charge in [0.25, 0.3) is 0 Å². The fourth-order valence-electron chi connectivity index (χ4n) is 4.59. The third-order valence-corrected chi connectivity index (χ3v) is 6.32. The van der Waals surface area contributed by atoms with Crippen molar-refractivity contribution in [1.82, 2.24) is 0 Å². The van der Waals surface area contributed by atoms with Gasteiger partial charge >= 0.3 is 0 Å². The van der Waals surface area contributed by atoms with E-state index in [-0.39, 0.29) is 11.5 Å². The average molecular weight is 351 g/mol. The molecule has 2 aromatic rings. The zero-order chi connectivity index (χ0) is 18.6. The number of fused-ring (bicyclic) bond motifs is 1. The number of rotatable bonds is 4. The first-order valence-electron chi connectivity index (χ1n) is 10.4. The lowest BCUT2D eigenvalue weighted by molar-refractivity contribution is -0.0440. The summed E-state index contributed by atoms with van der Waals surface area (Å²) in [6, 6.07) is 15.2. The molecule has 4 rings (SSSR count). The zero-order valence-corrected chi connectivity index (χ0v) is 16.7. The molecule has 0 radical (unpaired) electrons. The van der Waals surface area contributed by atoms with Crippen LogP contribution in [0.5, 0.6) is 0 Å². The summed E-state index contributed by atoms with van der Waals surface area (Å²) in [4.78, 5) is 0. The van der Waals surface area contributed by atoms with Crippen molar-refractivity contribution < 1.29 is 5.11 Å². The average Bonchev–Trinajstić information content (AvgIpc) is 3.06. The Kier molecular flexibility index (Phi) is 6.19. The number of aryl methyl sites for hydroxylation is 4. The summed E-state index contributed by atoms with van der Waals surface area (Å²) in [5.74, 6) is 0. The van der Waals surface area contributed by atoms with Crippen LogP contribution in [0, 0.1) is 19.3 Å². The summed E-state index contributed by atoms with van der Waals surface area (Å²) in [5, 5.41) is 10.5. The molecule has 26 heavy (non-hydrogen) atoms. The topological polar surface area (TPSA) is 20.2 Å². The van der Waals surface area contributed by atoms with Gasteiger partial charge in [0, 0.05) is 5.41 Å². The minimum absolute atomic E-state index is 0.185. The van der Waals surface area contributed by atoms with E-state index in [9.17, 15) is 5.11 Å². The van der Waals surface area contributed by atoms with Crippen molar-refractivity contribution in [3.63, 3.8) is 0 Å². The van der Waals surface area contributed by atoms with Crippen LogP contribution < -0.4 is 0 Å². The van der Waals surface area contributed by atoms with Gasteiger partial charge < -0.3 is 5.11 Å². The van der Waals surface area contributed by atoms with Gasteiger partial charge in [0.05, 0.1) is 6.10 Å². The molecule has 1 N–H and O–H groups in total. The summed E-state index contributed by atoms with van der Waals surface area (Å²) >= 11 is 0. The van der Waals surface area contributed by atoms with Gasteiger partial charge in [-0.1, -0.05) is 73.4 Å². The highest BCUT2D eigenvalue weighted by Crippen LogP contribution is 2.53. The molecule has 0 heterocycles. The van der Waals surface area contributed by atoms with Crippen LogP contribution in [0.25, 0.3) is 0 Å². The Balaban J connectivity index is 0.000000167. The minimum Gasteiger partial charge on any atom is -0.388 e. The Labute approximate surface area is 159 Å². The molecule has 2 aliphatic rings. The van der Waals surface area contributed by atoms with E-state index in [0.717, 1.165) is 12.0 Å². The maximum absolute atomic E-state index is 10.5. The molecule has 1 fully saturated rings. The Morgan fingerprint density at radius 1 is 0.885 bits per heavy atom. The Morgan fingerprint density at radius 2 is 1.54 bits per heavy atom. The summed E-state index contributed by atoms with van der Waals surface area (Å²) in [5.41, 5.74) is 7.10. The van der Waals surface area contributed by atoms with E-state index < -0.39 is 0 Å². The third-order valence-electron chi connectivity index (χ3n) is 6.32. The molecule has 0 aromatic heterocycles. The molecule has 2 aromatic carbocycles. The standard InChI is InChI=1S/C15H22O.C10H12/c1-3-9-15(10-4-11-15)14(16)13-7-5-12(2)6-8-13;1-8-5-6-9-3-2-4-10(9)7-8/h5-8,14,16H,3-4,9-11H2,1-2H3;5-7H,2-4H2,1H3. The molecule has 1 saturated carbocycles. The predicted molar refractivity (Wildman–Crippen MR) is 111 cm³/mol. The normalized spacial score (nSPS) is 18.3. The van der Waals surface area contributed by atoms with Crippen LogP contribution in [-0.2, 0) is 12.8 Å². The van der Waals surface area contributed by atoms with Crippen molar-refractivity contribution in [3.05, 3.63) is 70.3 Å². The summed E-state index contributed by atoms with van der Waals surface area (Å²) in [7, 11) is 0. The van der Waals surface area contributed by atoms with Gasteiger partial charge in [-0.3, -0.25) is 0 Å². The third kappa shape index (κ3) is 4.20. The molecule has 1 atom stereocenters. The molecule has 0 bridgehead atoms. The van der Waals surface area contributed by atoms with E-state index in [1.54, 1.807) is 11.1 Å². The van der Waals surface area contributed by atoms with Crippen LogP contribution in [-0.4, -0.2) is 5.11 Å². The van der Waals surface area contributed by atoms with Crippen molar-refractivity contribution in [3.8, 4) is 0 Å². The van der Waals surface area contributed by atoms with Crippen molar-refractivity contribution in [2.75, 3.05) is 0 Å². The molecule has 0 spiro atoms. The second-order valence-electron chi connectivity index (χ2n) is 8.40. The monoisotopic (exact) mass is 350 g/mol. The fraction of sp³-hybridized carbons (Fsp3) is 0.520. The van der Waals surface area contributed by atoms with Crippen LogP contribution in [0.3, 0.4) is 0 Å². The fourth-order valence-corrected chi connectivity index (χ4v) is 4.59. The molecule has 2 aliphatic carbocycles. The Morgan fingerprint density at radius 3 is 2.15 bits per heavy atom. The van der Waals surface area contributed by atoms with Gasteiger partial charge in [-0.05, 0) is 69.1 Å². The van der Waals surface area contributed by atoms with E-state index in [1.165, 1.54) is 56.1 Å². The maximum Gasteiger partial charge on any atom is 0.0846 e. The zero-order valence-electron chi connectivity index (χ0n) is 16.7. The molecule has 140 valence electrons. The summed E-state index contributed by atoms with van der Waals surface area (Å²) in [6.45, 7) is 6.46. The highest BCUT2D eigenvalue weighted by Gasteiger charge is 2.42. The number of hydrogen-bond donors (Lipinski definition) is 1. The Bertz CT molecular complexity index is 709. The molecule has 0 saturated heterocycles. The molecule has 0 aliphatic heterocycles. The van der Waals surface area contributed by atoms with Crippen molar-refractivity contribution in [2.45, 2.75) is 78.2 Å². The largest absolute Gasteiger partial charge is 0.388 e. The van der Waals surface area contributed by atoms with Crippen molar-refractivity contribution >= 4 is 0 Å². The molecule has 0 amide bonds.